The zero-order chi connectivity index (χ0) is 20.4. The topological polar surface area (TPSA) is 117 Å². The molecule has 0 aliphatic carbocycles. The predicted octanol–water partition coefficient (Wildman–Crippen LogP) is 2.14. The fourth-order valence-corrected chi connectivity index (χ4v) is 3.95. The van der Waals surface area contributed by atoms with Gasteiger partial charge in [0, 0.05) is 11.5 Å². The second kappa shape index (κ2) is 11.8. The summed E-state index contributed by atoms with van der Waals surface area (Å²) in [5.74, 6) is 0.899. The Balaban J connectivity index is 4.15. The van der Waals surface area contributed by atoms with E-state index in [2.05, 4.69) is 10.6 Å². The molecule has 0 fully saturated rings. The van der Waals surface area contributed by atoms with Crippen LogP contribution in [-0.2, 0) is 9.47 Å². The number of aliphatic hydroxyl groups is 2. The van der Waals surface area contributed by atoms with Crippen LogP contribution in [-0.4, -0.2) is 70.4 Å². The van der Waals surface area contributed by atoms with E-state index in [4.69, 9.17) is 9.47 Å². The molecular weight excluding hydrogens is 380 g/mol. The fraction of sp³-hybridized carbons (Fsp3) is 0.875. The summed E-state index contributed by atoms with van der Waals surface area (Å²) in [5, 5.41) is 23.9. The van der Waals surface area contributed by atoms with E-state index >= 15 is 0 Å². The lowest BCUT2D eigenvalue weighted by Crippen LogP contribution is -2.43. The molecule has 2 unspecified atom stereocenters. The molecule has 2 atom stereocenters. The van der Waals surface area contributed by atoms with E-state index in [9.17, 15) is 19.8 Å². The van der Waals surface area contributed by atoms with Crippen molar-refractivity contribution >= 4 is 33.8 Å². The lowest BCUT2D eigenvalue weighted by Gasteiger charge is -2.23. The number of carbonyl (C=O) groups excluding carboxylic acids is 2. The first-order chi connectivity index (χ1) is 11.9. The van der Waals surface area contributed by atoms with Gasteiger partial charge in [-0.3, -0.25) is 0 Å². The fourth-order valence-electron chi connectivity index (χ4n) is 1.49. The van der Waals surface area contributed by atoms with Crippen LogP contribution in [0, 0.1) is 0 Å². The third-order valence-corrected chi connectivity index (χ3v) is 5.06. The molecule has 0 bridgehead atoms. The first-order valence-corrected chi connectivity index (χ1v) is 10.8. The Morgan fingerprint density at radius 1 is 0.808 bits per heavy atom. The molecule has 0 aliphatic rings. The molecule has 0 saturated heterocycles. The molecule has 8 nitrogen and oxygen atoms in total. The summed E-state index contributed by atoms with van der Waals surface area (Å²) in [6.07, 6.45) is -1.16. The predicted molar refractivity (Wildman–Crippen MR) is 105 cm³/mol. The van der Waals surface area contributed by atoms with Crippen LogP contribution in [0.3, 0.4) is 0 Å². The van der Waals surface area contributed by atoms with Gasteiger partial charge in [-0.25, -0.2) is 9.59 Å². The van der Waals surface area contributed by atoms with Crippen molar-refractivity contribution < 1.29 is 29.3 Å². The number of hydrogen-bond donors (Lipinski definition) is 4. The van der Waals surface area contributed by atoms with Gasteiger partial charge in [-0.2, -0.15) is 0 Å². The maximum absolute atomic E-state index is 11.7. The molecule has 0 spiro atoms. The Morgan fingerprint density at radius 3 is 1.35 bits per heavy atom. The third-order valence-electron chi connectivity index (χ3n) is 2.50. The highest BCUT2D eigenvalue weighted by Gasteiger charge is 2.21. The number of alkyl carbamates (subject to hydrolysis) is 2. The molecule has 0 saturated carbocycles. The van der Waals surface area contributed by atoms with Gasteiger partial charge < -0.3 is 30.3 Å². The Labute approximate surface area is 163 Å². The summed E-state index contributed by atoms with van der Waals surface area (Å²) in [5.41, 5.74) is -1.21. The van der Waals surface area contributed by atoms with Gasteiger partial charge >= 0.3 is 12.2 Å². The van der Waals surface area contributed by atoms with Crippen molar-refractivity contribution in [2.45, 2.75) is 64.8 Å². The molecule has 0 heterocycles. The highest BCUT2D eigenvalue weighted by Crippen LogP contribution is 2.23. The molecule has 2 amide bonds. The number of nitrogens with one attached hydrogen (secondary N) is 2. The SMILES string of the molecule is CC(C)(C)OC(=O)NC(CO)CSSCC(CO)NC(=O)OC(C)(C)C. The van der Waals surface area contributed by atoms with Gasteiger partial charge in [0.15, 0.2) is 0 Å². The minimum Gasteiger partial charge on any atom is -0.444 e. The number of aliphatic hydroxyl groups excluding tert-OH is 2. The molecular formula is C16H32N2O6S2. The zero-order valence-electron chi connectivity index (χ0n) is 16.3. The van der Waals surface area contributed by atoms with Crippen molar-refractivity contribution in [3.63, 3.8) is 0 Å². The van der Waals surface area contributed by atoms with Crippen LogP contribution >= 0.6 is 21.6 Å². The Kier molecular flexibility index (Phi) is 11.4. The van der Waals surface area contributed by atoms with Gasteiger partial charge in [0.1, 0.15) is 11.2 Å². The van der Waals surface area contributed by atoms with Gasteiger partial charge in [-0.05, 0) is 41.5 Å². The second-order valence-electron chi connectivity index (χ2n) is 7.62. The standard InChI is InChI=1S/C16H32N2O6S2/c1-15(2,3)23-13(21)17-11(7-19)9-25-26-10-12(8-20)18-14(22)24-16(4,5)6/h11-12,19-20H,7-10H2,1-6H3,(H,17,21)(H,18,22). The van der Waals surface area contributed by atoms with E-state index in [0.717, 1.165) is 0 Å². The highest BCUT2D eigenvalue weighted by molar-refractivity contribution is 8.76. The summed E-state index contributed by atoms with van der Waals surface area (Å²) >= 11 is 0. The van der Waals surface area contributed by atoms with Gasteiger partial charge in [0.05, 0.1) is 25.3 Å². The Hall–Kier alpha value is -0.840. The van der Waals surface area contributed by atoms with Crippen LogP contribution in [0.5, 0.6) is 0 Å². The highest BCUT2D eigenvalue weighted by atomic mass is 33.1. The van der Waals surface area contributed by atoms with E-state index in [1.54, 1.807) is 41.5 Å². The summed E-state index contributed by atoms with van der Waals surface area (Å²) in [6, 6.07) is -0.900. The molecule has 0 aromatic carbocycles. The van der Waals surface area contributed by atoms with E-state index in [1.165, 1.54) is 21.6 Å². The number of amides is 2. The van der Waals surface area contributed by atoms with Crippen molar-refractivity contribution in [2.24, 2.45) is 0 Å². The average molecular weight is 413 g/mol. The minimum atomic E-state index is -0.604. The Morgan fingerprint density at radius 2 is 1.12 bits per heavy atom. The first kappa shape index (κ1) is 25.2. The maximum atomic E-state index is 11.7. The van der Waals surface area contributed by atoms with Crippen LogP contribution in [0.1, 0.15) is 41.5 Å². The molecule has 4 N–H and O–H groups in total. The molecule has 26 heavy (non-hydrogen) atoms. The van der Waals surface area contributed by atoms with Crippen molar-refractivity contribution in [1.29, 1.82) is 0 Å². The number of hydrogen-bond acceptors (Lipinski definition) is 8. The minimum absolute atomic E-state index is 0.216. The molecule has 0 aromatic rings. The summed E-state index contributed by atoms with van der Waals surface area (Å²) in [4.78, 5) is 23.4. The van der Waals surface area contributed by atoms with Crippen molar-refractivity contribution in [2.75, 3.05) is 24.7 Å². The number of carbonyl (C=O) groups is 2. The molecule has 0 aromatic heterocycles. The maximum Gasteiger partial charge on any atom is 0.407 e. The van der Waals surface area contributed by atoms with Crippen molar-refractivity contribution in [3.05, 3.63) is 0 Å². The van der Waals surface area contributed by atoms with Gasteiger partial charge in [0.25, 0.3) is 0 Å². The summed E-state index contributed by atoms with van der Waals surface area (Å²) in [6.45, 7) is 10.1. The number of ether oxygens (including phenoxy) is 2. The van der Waals surface area contributed by atoms with Crippen LogP contribution in [0.15, 0.2) is 0 Å². The largest absolute Gasteiger partial charge is 0.444 e. The molecule has 0 aliphatic heterocycles. The first-order valence-electron chi connectivity index (χ1n) is 8.31. The molecule has 0 rings (SSSR count). The monoisotopic (exact) mass is 412 g/mol. The van der Waals surface area contributed by atoms with Crippen molar-refractivity contribution in [1.82, 2.24) is 10.6 Å². The lowest BCUT2D eigenvalue weighted by molar-refractivity contribution is 0.0480. The van der Waals surface area contributed by atoms with Gasteiger partial charge in [0.2, 0.25) is 0 Å². The van der Waals surface area contributed by atoms with Crippen LogP contribution < -0.4 is 10.6 Å². The van der Waals surface area contributed by atoms with E-state index in [0.29, 0.717) is 11.5 Å². The van der Waals surface area contributed by atoms with E-state index < -0.39 is 35.5 Å². The van der Waals surface area contributed by atoms with Crippen LogP contribution in [0.4, 0.5) is 9.59 Å². The molecule has 10 heteroatoms. The number of rotatable bonds is 9. The van der Waals surface area contributed by atoms with Gasteiger partial charge in [-0.1, -0.05) is 21.6 Å². The van der Waals surface area contributed by atoms with E-state index in [1.807, 2.05) is 0 Å². The summed E-state index contributed by atoms with van der Waals surface area (Å²) in [7, 11) is 2.83. The molecule has 0 radical (unpaired) electrons. The normalized spacial score (nSPS) is 14.3. The smallest absolute Gasteiger partial charge is 0.407 e. The van der Waals surface area contributed by atoms with Crippen LogP contribution in [0.2, 0.25) is 0 Å². The lowest BCUT2D eigenvalue weighted by atomic mass is 10.2. The van der Waals surface area contributed by atoms with E-state index in [-0.39, 0.29) is 13.2 Å². The second-order valence-corrected chi connectivity index (χ2v) is 10.2. The third kappa shape index (κ3) is 14.3. The molecule has 154 valence electrons. The quantitative estimate of drug-likeness (QED) is 0.336. The van der Waals surface area contributed by atoms with Crippen LogP contribution in [0.25, 0.3) is 0 Å². The van der Waals surface area contributed by atoms with Crippen molar-refractivity contribution in [3.8, 4) is 0 Å². The summed E-state index contributed by atoms with van der Waals surface area (Å²) < 4.78 is 10.3. The Bertz CT molecular complexity index is 397. The van der Waals surface area contributed by atoms with Gasteiger partial charge in [-0.15, -0.1) is 0 Å². The average Bonchev–Trinajstić information content (AvgIpc) is 2.45. The zero-order valence-corrected chi connectivity index (χ0v) is 18.0.